The molecule has 1 aromatic carbocycles. The Morgan fingerprint density at radius 3 is 2.40 bits per heavy atom. The summed E-state index contributed by atoms with van der Waals surface area (Å²) in [5.74, 6) is 0.0784. The first-order chi connectivity index (χ1) is 12.1. The SMILES string of the molecule is O=C(CN1CCN(C(=O)c2ccccc2Cl)CC1)NC1CCCCC1. The molecule has 3 rings (SSSR count). The Morgan fingerprint density at radius 1 is 1.04 bits per heavy atom. The highest BCUT2D eigenvalue weighted by Gasteiger charge is 2.25. The number of amides is 2. The Labute approximate surface area is 154 Å². The van der Waals surface area contributed by atoms with E-state index in [-0.39, 0.29) is 11.8 Å². The Kier molecular flexibility index (Phi) is 6.32. The molecular formula is C19H26ClN3O2. The predicted molar refractivity (Wildman–Crippen MR) is 98.8 cm³/mol. The highest BCUT2D eigenvalue weighted by Crippen LogP contribution is 2.19. The van der Waals surface area contributed by atoms with Crippen LogP contribution in [0.5, 0.6) is 0 Å². The normalized spacial score (nSPS) is 19.6. The number of carbonyl (C=O) groups excluding carboxylic acids is 2. The van der Waals surface area contributed by atoms with Crippen molar-refractivity contribution >= 4 is 23.4 Å². The molecule has 1 saturated heterocycles. The maximum Gasteiger partial charge on any atom is 0.255 e. The lowest BCUT2D eigenvalue weighted by Crippen LogP contribution is -2.52. The van der Waals surface area contributed by atoms with E-state index in [9.17, 15) is 9.59 Å². The maximum absolute atomic E-state index is 12.6. The van der Waals surface area contributed by atoms with Gasteiger partial charge >= 0.3 is 0 Å². The van der Waals surface area contributed by atoms with Gasteiger partial charge in [0.05, 0.1) is 17.1 Å². The highest BCUT2D eigenvalue weighted by atomic mass is 35.5. The van der Waals surface area contributed by atoms with Crippen LogP contribution in [0.25, 0.3) is 0 Å². The number of carbonyl (C=O) groups is 2. The van der Waals surface area contributed by atoms with E-state index in [0.29, 0.717) is 49.4 Å². The van der Waals surface area contributed by atoms with E-state index in [0.717, 1.165) is 12.8 Å². The number of piperazine rings is 1. The molecule has 0 unspecified atom stereocenters. The van der Waals surface area contributed by atoms with E-state index in [1.54, 1.807) is 12.1 Å². The predicted octanol–water partition coefficient (Wildman–Crippen LogP) is 2.55. The third kappa shape index (κ3) is 4.95. The quantitative estimate of drug-likeness (QED) is 0.894. The molecule has 0 spiro atoms. The summed E-state index contributed by atoms with van der Waals surface area (Å²) in [4.78, 5) is 28.7. The maximum atomic E-state index is 12.6. The number of nitrogens with one attached hydrogen (secondary N) is 1. The molecule has 2 fully saturated rings. The average molecular weight is 364 g/mol. The molecule has 6 heteroatoms. The fraction of sp³-hybridized carbons (Fsp3) is 0.579. The van der Waals surface area contributed by atoms with Gasteiger partial charge in [0.25, 0.3) is 5.91 Å². The van der Waals surface area contributed by atoms with E-state index < -0.39 is 0 Å². The topological polar surface area (TPSA) is 52.7 Å². The van der Waals surface area contributed by atoms with E-state index in [4.69, 9.17) is 11.6 Å². The first-order valence-corrected chi connectivity index (χ1v) is 9.57. The minimum absolute atomic E-state index is 0.0306. The fourth-order valence-corrected chi connectivity index (χ4v) is 3.85. The second-order valence-corrected chi connectivity index (χ2v) is 7.36. The summed E-state index contributed by atoms with van der Waals surface area (Å²) in [5.41, 5.74) is 0.549. The summed E-state index contributed by atoms with van der Waals surface area (Å²) >= 11 is 6.12. The number of benzene rings is 1. The standard InChI is InChI=1S/C19H26ClN3O2/c20-17-9-5-4-8-16(17)19(25)23-12-10-22(11-13-23)14-18(24)21-15-6-2-1-3-7-15/h4-5,8-9,15H,1-3,6-7,10-14H2,(H,21,24). The van der Waals surface area contributed by atoms with Crippen LogP contribution in [0.3, 0.4) is 0 Å². The van der Waals surface area contributed by atoms with Crippen LogP contribution in [-0.4, -0.2) is 60.4 Å². The first-order valence-electron chi connectivity index (χ1n) is 9.19. The van der Waals surface area contributed by atoms with Crippen LogP contribution in [0.15, 0.2) is 24.3 Å². The summed E-state index contributed by atoms with van der Waals surface area (Å²) < 4.78 is 0. The van der Waals surface area contributed by atoms with Crippen molar-refractivity contribution in [2.45, 2.75) is 38.1 Å². The lowest BCUT2D eigenvalue weighted by Gasteiger charge is -2.35. The van der Waals surface area contributed by atoms with Crippen molar-refractivity contribution in [1.29, 1.82) is 0 Å². The number of rotatable bonds is 4. The molecule has 0 aromatic heterocycles. The third-order valence-electron chi connectivity index (χ3n) is 5.10. The van der Waals surface area contributed by atoms with Gasteiger partial charge in [-0.15, -0.1) is 0 Å². The molecule has 1 aliphatic heterocycles. The average Bonchev–Trinajstić information content (AvgIpc) is 2.63. The van der Waals surface area contributed by atoms with Gasteiger partial charge in [-0.05, 0) is 25.0 Å². The lowest BCUT2D eigenvalue weighted by atomic mass is 9.95. The van der Waals surface area contributed by atoms with Gasteiger partial charge < -0.3 is 10.2 Å². The van der Waals surface area contributed by atoms with Crippen molar-refractivity contribution in [2.24, 2.45) is 0 Å². The summed E-state index contributed by atoms with van der Waals surface area (Å²) in [5, 5.41) is 3.64. The van der Waals surface area contributed by atoms with Gasteiger partial charge in [-0.3, -0.25) is 14.5 Å². The smallest absolute Gasteiger partial charge is 0.255 e. The van der Waals surface area contributed by atoms with Gasteiger partial charge in [0.15, 0.2) is 0 Å². The molecular weight excluding hydrogens is 338 g/mol. The van der Waals surface area contributed by atoms with Crippen molar-refractivity contribution in [3.63, 3.8) is 0 Å². The van der Waals surface area contributed by atoms with Gasteiger partial charge in [0.1, 0.15) is 0 Å². The molecule has 2 aliphatic rings. The molecule has 0 bridgehead atoms. The van der Waals surface area contributed by atoms with Crippen LogP contribution in [0, 0.1) is 0 Å². The molecule has 1 saturated carbocycles. The van der Waals surface area contributed by atoms with Gasteiger partial charge in [-0.2, -0.15) is 0 Å². The fourth-order valence-electron chi connectivity index (χ4n) is 3.64. The van der Waals surface area contributed by atoms with Gasteiger partial charge in [-0.1, -0.05) is 43.0 Å². The Hall–Kier alpha value is -1.59. The molecule has 1 aliphatic carbocycles. The highest BCUT2D eigenvalue weighted by molar-refractivity contribution is 6.33. The molecule has 1 aromatic rings. The van der Waals surface area contributed by atoms with Gasteiger partial charge in [0.2, 0.25) is 5.91 Å². The third-order valence-corrected chi connectivity index (χ3v) is 5.43. The van der Waals surface area contributed by atoms with Crippen molar-refractivity contribution in [2.75, 3.05) is 32.7 Å². The second-order valence-electron chi connectivity index (χ2n) is 6.95. The molecule has 25 heavy (non-hydrogen) atoms. The van der Waals surface area contributed by atoms with Crippen molar-refractivity contribution in [1.82, 2.24) is 15.1 Å². The summed E-state index contributed by atoms with van der Waals surface area (Å²) in [7, 11) is 0. The van der Waals surface area contributed by atoms with E-state index in [1.807, 2.05) is 17.0 Å². The number of nitrogens with zero attached hydrogens (tertiary/aromatic N) is 2. The van der Waals surface area contributed by atoms with Gasteiger partial charge in [-0.25, -0.2) is 0 Å². The first kappa shape index (κ1) is 18.2. The zero-order valence-electron chi connectivity index (χ0n) is 14.5. The van der Waals surface area contributed by atoms with Crippen molar-refractivity contribution < 1.29 is 9.59 Å². The van der Waals surface area contributed by atoms with Crippen molar-refractivity contribution in [3.05, 3.63) is 34.9 Å². The molecule has 2 amide bonds. The summed E-state index contributed by atoms with van der Waals surface area (Å²) in [6.45, 7) is 3.11. The summed E-state index contributed by atoms with van der Waals surface area (Å²) in [6.07, 6.45) is 5.92. The molecule has 1 heterocycles. The summed E-state index contributed by atoms with van der Waals surface area (Å²) in [6, 6.07) is 7.49. The van der Waals surface area contributed by atoms with Crippen LogP contribution < -0.4 is 5.32 Å². The number of halogens is 1. The monoisotopic (exact) mass is 363 g/mol. The van der Waals surface area contributed by atoms with Crippen LogP contribution >= 0.6 is 11.6 Å². The largest absolute Gasteiger partial charge is 0.352 e. The van der Waals surface area contributed by atoms with Crippen molar-refractivity contribution in [3.8, 4) is 0 Å². The zero-order chi connectivity index (χ0) is 17.6. The Balaban J connectivity index is 1.44. The second kappa shape index (κ2) is 8.68. The molecule has 5 nitrogen and oxygen atoms in total. The van der Waals surface area contributed by atoms with Crippen LogP contribution in [0.1, 0.15) is 42.5 Å². The molecule has 1 N–H and O–H groups in total. The lowest BCUT2D eigenvalue weighted by molar-refractivity contribution is -0.123. The van der Waals surface area contributed by atoms with Gasteiger partial charge in [0, 0.05) is 32.2 Å². The van der Waals surface area contributed by atoms with E-state index in [2.05, 4.69) is 10.2 Å². The minimum Gasteiger partial charge on any atom is -0.352 e. The zero-order valence-corrected chi connectivity index (χ0v) is 15.3. The van der Waals surface area contributed by atoms with E-state index in [1.165, 1.54) is 19.3 Å². The number of hydrogen-bond acceptors (Lipinski definition) is 3. The Bertz CT molecular complexity index is 608. The molecule has 0 radical (unpaired) electrons. The minimum atomic E-state index is -0.0306. The van der Waals surface area contributed by atoms with Crippen LogP contribution in [0.4, 0.5) is 0 Å². The number of hydrogen-bond donors (Lipinski definition) is 1. The molecule has 0 atom stereocenters. The van der Waals surface area contributed by atoms with Crippen LogP contribution in [0.2, 0.25) is 5.02 Å². The molecule has 136 valence electrons. The Morgan fingerprint density at radius 2 is 1.72 bits per heavy atom. The van der Waals surface area contributed by atoms with E-state index >= 15 is 0 Å². The van der Waals surface area contributed by atoms with Crippen LogP contribution in [-0.2, 0) is 4.79 Å².